The lowest BCUT2D eigenvalue weighted by atomic mass is 9.99. The molecule has 3 heterocycles. The summed E-state index contributed by atoms with van der Waals surface area (Å²) in [5.74, 6) is -0.990. The summed E-state index contributed by atoms with van der Waals surface area (Å²) in [7, 11) is 0. The van der Waals surface area contributed by atoms with Gasteiger partial charge in [-0.25, -0.2) is 4.79 Å². The van der Waals surface area contributed by atoms with Gasteiger partial charge in [0.1, 0.15) is 5.69 Å². The molecule has 0 aromatic carbocycles. The average Bonchev–Trinajstić information content (AvgIpc) is 3.40. The smallest absolute Gasteiger partial charge is 0.355 e. The van der Waals surface area contributed by atoms with Crippen molar-refractivity contribution in [1.82, 2.24) is 14.9 Å². The molecule has 0 radical (unpaired) electrons. The molecule has 3 aromatic rings. The number of aryl methyl sites for hydroxylation is 1. The van der Waals surface area contributed by atoms with E-state index in [9.17, 15) is 14.4 Å². The van der Waals surface area contributed by atoms with Crippen molar-refractivity contribution in [3.8, 4) is 0 Å². The minimum atomic E-state index is -0.764. The Morgan fingerprint density at radius 1 is 1.19 bits per heavy atom. The quantitative estimate of drug-likeness (QED) is 0.420. The molecular formula is C23H25N3O4S. The molecule has 0 aliphatic rings. The zero-order valence-corrected chi connectivity index (χ0v) is 18.8. The van der Waals surface area contributed by atoms with Crippen LogP contribution in [0.2, 0.25) is 0 Å². The van der Waals surface area contributed by atoms with Gasteiger partial charge in [0.05, 0.1) is 29.8 Å². The van der Waals surface area contributed by atoms with Gasteiger partial charge >= 0.3 is 5.97 Å². The Kier molecular flexibility index (Phi) is 7.02. The van der Waals surface area contributed by atoms with Crippen LogP contribution in [-0.4, -0.2) is 45.2 Å². The first-order valence-corrected chi connectivity index (χ1v) is 10.9. The second-order valence-corrected chi connectivity index (χ2v) is 8.06. The number of amides is 1. The third-order valence-corrected chi connectivity index (χ3v) is 5.92. The molecular weight excluding hydrogens is 414 g/mol. The molecule has 3 aromatic heterocycles. The van der Waals surface area contributed by atoms with Crippen LogP contribution in [0.15, 0.2) is 41.9 Å². The van der Waals surface area contributed by atoms with Crippen LogP contribution in [0.4, 0.5) is 0 Å². The number of ether oxygens (including phenoxy) is 1. The van der Waals surface area contributed by atoms with Gasteiger partial charge in [-0.1, -0.05) is 12.1 Å². The number of carbonyl (C=O) groups excluding carboxylic acids is 3. The predicted molar refractivity (Wildman–Crippen MR) is 118 cm³/mol. The fourth-order valence-corrected chi connectivity index (χ4v) is 4.15. The Morgan fingerprint density at radius 2 is 1.97 bits per heavy atom. The molecule has 1 unspecified atom stereocenters. The second kappa shape index (κ2) is 9.70. The van der Waals surface area contributed by atoms with E-state index in [4.69, 9.17) is 4.74 Å². The lowest BCUT2D eigenvalue weighted by molar-refractivity contribution is 0.0518. The van der Waals surface area contributed by atoms with Crippen LogP contribution in [0.25, 0.3) is 0 Å². The standard InChI is InChI=1S/C23H25N3O4S/c1-5-30-23(29)20-14(2)19(15(3)25-20)21(27)16(4)26(13-17-9-6-7-11-24-17)22(28)18-10-8-12-31-18/h6-12,16,25H,5,13H2,1-4H3. The molecule has 162 valence electrons. The number of aromatic amines is 1. The third-order valence-electron chi connectivity index (χ3n) is 5.06. The van der Waals surface area contributed by atoms with Gasteiger partial charge in [0.15, 0.2) is 5.78 Å². The summed E-state index contributed by atoms with van der Waals surface area (Å²) in [6.07, 6.45) is 1.65. The Hall–Kier alpha value is -3.26. The number of aromatic nitrogens is 2. The van der Waals surface area contributed by atoms with Crippen LogP contribution in [0, 0.1) is 13.8 Å². The normalized spacial score (nSPS) is 11.7. The Labute approximate surface area is 185 Å². The van der Waals surface area contributed by atoms with Crippen molar-refractivity contribution in [3.63, 3.8) is 0 Å². The summed E-state index contributed by atoms with van der Waals surface area (Å²) in [6, 6.07) is 8.23. The maximum absolute atomic E-state index is 13.5. The highest BCUT2D eigenvalue weighted by Gasteiger charge is 2.32. The molecule has 0 aliphatic heterocycles. The Balaban J connectivity index is 1.95. The van der Waals surface area contributed by atoms with Crippen LogP contribution in [0.5, 0.6) is 0 Å². The van der Waals surface area contributed by atoms with E-state index in [0.29, 0.717) is 27.4 Å². The topological polar surface area (TPSA) is 92.4 Å². The summed E-state index contributed by atoms with van der Waals surface area (Å²) < 4.78 is 5.08. The number of thiophene rings is 1. The van der Waals surface area contributed by atoms with Crippen LogP contribution in [0.1, 0.15) is 61.3 Å². The summed E-state index contributed by atoms with van der Waals surface area (Å²) in [5, 5.41) is 1.82. The van der Waals surface area contributed by atoms with Gasteiger partial charge in [-0.3, -0.25) is 14.6 Å². The third kappa shape index (κ3) is 4.74. The fraction of sp³-hybridized carbons (Fsp3) is 0.304. The lowest BCUT2D eigenvalue weighted by Gasteiger charge is -2.28. The average molecular weight is 440 g/mol. The molecule has 3 rings (SSSR count). The summed E-state index contributed by atoms with van der Waals surface area (Å²) in [4.78, 5) is 48.3. The molecule has 0 fully saturated rings. The number of Topliss-reactive ketones (excluding diaryl/α,β-unsaturated/α-hetero) is 1. The van der Waals surface area contributed by atoms with E-state index >= 15 is 0 Å². The van der Waals surface area contributed by atoms with Crippen molar-refractivity contribution in [1.29, 1.82) is 0 Å². The van der Waals surface area contributed by atoms with Gasteiger partial charge < -0.3 is 14.6 Å². The zero-order chi connectivity index (χ0) is 22.5. The number of H-pyrrole nitrogens is 1. The first kappa shape index (κ1) is 22.4. The van der Waals surface area contributed by atoms with Crippen LogP contribution in [-0.2, 0) is 11.3 Å². The molecule has 1 N–H and O–H groups in total. The number of rotatable bonds is 8. The van der Waals surface area contributed by atoms with Crippen molar-refractivity contribution < 1.29 is 19.1 Å². The lowest BCUT2D eigenvalue weighted by Crippen LogP contribution is -2.43. The molecule has 0 aliphatic carbocycles. The monoisotopic (exact) mass is 439 g/mol. The minimum Gasteiger partial charge on any atom is -0.461 e. The van der Waals surface area contributed by atoms with E-state index in [-0.39, 0.29) is 30.5 Å². The first-order valence-electron chi connectivity index (χ1n) is 10.00. The highest BCUT2D eigenvalue weighted by atomic mass is 32.1. The number of esters is 1. The fourth-order valence-electron chi connectivity index (χ4n) is 3.47. The van der Waals surface area contributed by atoms with Crippen LogP contribution < -0.4 is 0 Å². The maximum Gasteiger partial charge on any atom is 0.355 e. The highest BCUT2D eigenvalue weighted by Crippen LogP contribution is 2.24. The van der Waals surface area contributed by atoms with Gasteiger partial charge in [-0.15, -0.1) is 11.3 Å². The Morgan fingerprint density at radius 3 is 2.58 bits per heavy atom. The van der Waals surface area contributed by atoms with Gasteiger partial charge in [0.2, 0.25) is 0 Å². The first-order chi connectivity index (χ1) is 14.8. The van der Waals surface area contributed by atoms with Crippen molar-refractivity contribution in [2.75, 3.05) is 6.61 Å². The number of ketones is 1. The predicted octanol–water partition coefficient (Wildman–Crippen LogP) is 4.18. The summed E-state index contributed by atoms with van der Waals surface area (Å²) in [5.41, 5.74) is 2.44. The molecule has 1 atom stereocenters. The molecule has 0 saturated heterocycles. The van der Waals surface area contributed by atoms with E-state index in [1.807, 2.05) is 17.5 Å². The van der Waals surface area contributed by atoms with E-state index in [0.717, 1.165) is 0 Å². The van der Waals surface area contributed by atoms with Crippen molar-refractivity contribution in [3.05, 3.63) is 75.0 Å². The second-order valence-electron chi connectivity index (χ2n) is 7.12. The van der Waals surface area contributed by atoms with Gasteiger partial charge in [-0.2, -0.15) is 0 Å². The van der Waals surface area contributed by atoms with E-state index < -0.39 is 12.0 Å². The van der Waals surface area contributed by atoms with E-state index in [2.05, 4.69) is 9.97 Å². The van der Waals surface area contributed by atoms with Crippen molar-refractivity contribution in [2.24, 2.45) is 0 Å². The van der Waals surface area contributed by atoms with Crippen LogP contribution in [0.3, 0.4) is 0 Å². The number of carbonyl (C=O) groups is 3. The molecule has 0 spiro atoms. The molecule has 0 saturated carbocycles. The molecule has 0 bridgehead atoms. The highest BCUT2D eigenvalue weighted by molar-refractivity contribution is 7.12. The minimum absolute atomic E-state index is 0.192. The van der Waals surface area contributed by atoms with Crippen molar-refractivity contribution in [2.45, 2.75) is 40.3 Å². The van der Waals surface area contributed by atoms with Gasteiger partial charge in [0.25, 0.3) is 5.91 Å². The maximum atomic E-state index is 13.5. The Bertz CT molecular complexity index is 1070. The zero-order valence-electron chi connectivity index (χ0n) is 18.0. The molecule has 1 amide bonds. The number of nitrogens with zero attached hydrogens (tertiary/aromatic N) is 2. The summed E-state index contributed by atoms with van der Waals surface area (Å²) >= 11 is 1.32. The SMILES string of the molecule is CCOC(=O)c1[nH]c(C)c(C(=O)C(C)N(Cc2ccccn2)C(=O)c2cccs2)c1C. The van der Waals surface area contributed by atoms with Gasteiger partial charge in [-0.05, 0) is 56.8 Å². The number of nitrogens with one attached hydrogen (secondary N) is 1. The largest absolute Gasteiger partial charge is 0.461 e. The van der Waals surface area contributed by atoms with E-state index in [1.54, 1.807) is 52.1 Å². The number of hydrogen-bond donors (Lipinski definition) is 1. The van der Waals surface area contributed by atoms with E-state index in [1.165, 1.54) is 16.2 Å². The van der Waals surface area contributed by atoms with Gasteiger partial charge in [0, 0.05) is 17.5 Å². The molecule has 8 heteroatoms. The number of hydrogen-bond acceptors (Lipinski definition) is 6. The number of pyridine rings is 1. The molecule has 31 heavy (non-hydrogen) atoms. The summed E-state index contributed by atoms with van der Waals surface area (Å²) in [6.45, 7) is 7.30. The molecule has 7 nitrogen and oxygen atoms in total. The van der Waals surface area contributed by atoms with Crippen molar-refractivity contribution >= 4 is 29.0 Å². The van der Waals surface area contributed by atoms with Crippen LogP contribution >= 0.6 is 11.3 Å².